The van der Waals surface area contributed by atoms with Crippen LogP contribution in [0.25, 0.3) is 0 Å². The van der Waals surface area contributed by atoms with Crippen molar-refractivity contribution in [1.29, 1.82) is 0 Å². The number of carbonyl (C=O) groups is 4. The predicted molar refractivity (Wildman–Crippen MR) is 133 cm³/mol. The molecule has 0 bridgehead atoms. The molecule has 0 unspecified atom stereocenters. The third-order valence-electron chi connectivity index (χ3n) is 7.47. The second kappa shape index (κ2) is 16.0. The molecule has 0 spiro atoms. The molecule has 38 heavy (non-hydrogen) atoms. The number of esters is 4. The predicted octanol–water partition coefficient (Wildman–Crippen LogP) is 0.122. The van der Waals surface area contributed by atoms with Crippen molar-refractivity contribution in [1.82, 2.24) is 9.80 Å². The number of ether oxygens (including phenoxy) is 6. The number of nitrogens with zero attached hydrogens (tertiary/aromatic N) is 2. The fourth-order valence-electron chi connectivity index (χ4n) is 5.26. The molecule has 0 amide bonds. The number of methoxy groups -OCH3 is 2. The number of rotatable bonds is 14. The Morgan fingerprint density at radius 2 is 0.921 bits per heavy atom. The molecule has 0 aromatic rings. The van der Waals surface area contributed by atoms with Crippen molar-refractivity contribution in [2.75, 3.05) is 93.1 Å². The van der Waals surface area contributed by atoms with Crippen molar-refractivity contribution < 1.29 is 47.6 Å². The topological polar surface area (TPSA) is 130 Å². The molecule has 0 atom stereocenters. The van der Waals surface area contributed by atoms with Gasteiger partial charge in [-0.15, -0.1) is 0 Å². The largest absolute Gasteiger partial charge is 0.469 e. The summed E-state index contributed by atoms with van der Waals surface area (Å²) in [7, 11) is 2.35. The zero-order valence-electron chi connectivity index (χ0n) is 22.6. The van der Waals surface area contributed by atoms with Crippen molar-refractivity contribution in [3.05, 3.63) is 0 Å². The lowest BCUT2D eigenvalue weighted by atomic mass is 9.56. The molecular weight excluding hydrogens is 500 g/mol. The summed E-state index contributed by atoms with van der Waals surface area (Å²) in [5.41, 5.74) is 0. The molecule has 0 radical (unpaired) electrons. The Morgan fingerprint density at radius 1 is 0.579 bits per heavy atom. The molecule has 0 aromatic carbocycles. The zero-order valence-corrected chi connectivity index (χ0v) is 22.6. The molecule has 0 aromatic heterocycles. The molecule has 216 valence electrons. The molecular formula is C26H42N2O10. The standard InChI is InChI=1S/C26H42N2O10/c1-33-23(29)19-21(25(31)37-13-5-3-7-27-9-15-35-16-10-27)20(24(30)34-2)22(19)26(32)38-14-6-4-8-28-11-17-36-18-12-28/h19-22H,3-18H2,1-2H3. The summed E-state index contributed by atoms with van der Waals surface area (Å²) >= 11 is 0. The quantitative estimate of drug-likeness (QED) is 0.168. The van der Waals surface area contributed by atoms with Crippen LogP contribution in [0.2, 0.25) is 0 Å². The van der Waals surface area contributed by atoms with Gasteiger partial charge in [0.25, 0.3) is 0 Å². The van der Waals surface area contributed by atoms with Gasteiger partial charge in [-0.1, -0.05) is 0 Å². The fraction of sp³-hybridized carbons (Fsp3) is 0.846. The van der Waals surface area contributed by atoms with E-state index in [4.69, 9.17) is 28.4 Å². The van der Waals surface area contributed by atoms with Crippen LogP contribution < -0.4 is 0 Å². The van der Waals surface area contributed by atoms with E-state index in [0.29, 0.717) is 12.8 Å². The van der Waals surface area contributed by atoms with E-state index in [1.54, 1.807) is 0 Å². The van der Waals surface area contributed by atoms with Gasteiger partial charge in [0, 0.05) is 26.2 Å². The van der Waals surface area contributed by atoms with Crippen LogP contribution in [0.5, 0.6) is 0 Å². The lowest BCUT2D eigenvalue weighted by molar-refractivity contribution is -0.198. The van der Waals surface area contributed by atoms with Crippen LogP contribution in [-0.4, -0.2) is 127 Å². The maximum absolute atomic E-state index is 12.9. The Hall–Kier alpha value is -2.28. The van der Waals surface area contributed by atoms with E-state index >= 15 is 0 Å². The van der Waals surface area contributed by atoms with Gasteiger partial charge in [0.1, 0.15) is 0 Å². The first kappa shape index (κ1) is 30.3. The van der Waals surface area contributed by atoms with E-state index in [1.165, 1.54) is 14.2 Å². The van der Waals surface area contributed by atoms with E-state index in [9.17, 15) is 19.2 Å². The number of carbonyl (C=O) groups excluding carboxylic acids is 4. The van der Waals surface area contributed by atoms with Gasteiger partial charge in [0.05, 0.1) is 77.5 Å². The van der Waals surface area contributed by atoms with Crippen LogP contribution in [0.3, 0.4) is 0 Å². The molecule has 3 fully saturated rings. The maximum Gasteiger partial charge on any atom is 0.310 e. The molecule has 1 aliphatic carbocycles. The first-order chi connectivity index (χ1) is 18.5. The minimum Gasteiger partial charge on any atom is -0.469 e. The highest BCUT2D eigenvalue weighted by Gasteiger charge is 2.65. The fourth-order valence-corrected chi connectivity index (χ4v) is 5.26. The normalized spacial score (nSPS) is 26.2. The van der Waals surface area contributed by atoms with E-state index in [0.717, 1.165) is 78.5 Å². The van der Waals surface area contributed by atoms with Gasteiger partial charge in [-0.3, -0.25) is 29.0 Å². The number of hydrogen-bond donors (Lipinski definition) is 0. The summed E-state index contributed by atoms with van der Waals surface area (Å²) in [4.78, 5) is 55.6. The molecule has 2 heterocycles. The SMILES string of the molecule is COC(=O)C1C(C(=O)OCCCCN2CCOCC2)C(C(=O)OC)C1C(=O)OCCCCN1CCOCC1. The monoisotopic (exact) mass is 542 g/mol. The number of morpholine rings is 2. The average molecular weight is 543 g/mol. The van der Waals surface area contributed by atoms with Crippen molar-refractivity contribution in [2.24, 2.45) is 23.7 Å². The molecule has 2 saturated heterocycles. The lowest BCUT2D eigenvalue weighted by Crippen LogP contribution is -2.61. The van der Waals surface area contributed by atoms with Crippen LogP contribution in [0, 0.1) is 23.7 Å². The lowest BCUT2D eigenvalue weighted by Gasteiger charge is -2.45. The van der Waals surface area contributed by atoms with Crippen LogP contribution in [-0.2, 0) is 47.6 Å². The Labute approximate surface area is 224 Å². The maximum atomic E-state index is 12.9. The second-order valence-corrected chi connectivity index (χ2v) is 9.81. The van der Waals surface area contributed by atoms with Crippen molar-refractivity contribution in [2.45, 2.75) is 25.7 Å². The van der Waals surface area contributed by atoms with Gasteiger partial charge in [0.15, 0.2) is 0 Å². The summed E-state index contributed by atoms with van der Waals surface area (Å²) in [5.74, 6) is -7.58. The Kier molecular flexibility index (Phi) is 12.7. The average Bonchev–Trinajstić information content (AvgIpc) is 2.93. The van der Waals surface area contributed by atoms with Crippen molar-refractivity contribution in [3.8, 4) is 0 Å². The summed E-state index contributed by atoms with van der Waals surface area (Å²) in [5, 5.41) is 0. The second-order valence-electron chi connectivity index (χ2n) is 9.81. The highest BCUT2D eigenvalue weighted by molar-refractivity contribution is 5.97. The van der Waals surface area contributed by atoms with Gasteiger partial charge in [0.2, 0.25) is 0 Å². The molecule has 1 saturated carbocycles. The van der Waals surface area contributed by atoms with Crippen molar-refractivity contribution >= 4 is 23.9 Å². The molecule has 12 heteroatoms. The molecule has 3 aliphatic rings. The third kappa shape index (κ3) is 8.36. The smallest absolute Gasteiger partial charge is 0.310 e. The van der Waals surface area contributed by atoms with E-state index < -0.39 is 47.5 Å². The highest BCUT2D eigenvalue weighted by atomic mass is 16.6. The van der Waals surface area contributed by atoms with E-state index in [-0.39, 0.29) is 13.2 Å². The van der Waals surface area contributed by atoms with Crippen LogP contribution in [0.15, 0.2) is 0 Å². The summed E-state index contributed by atoms with van der Waals surface area (Å²) in [6.07, 6.45) is 2.94. The Balaban J connectivity index is 1.48. The van der Waals surface area contributed by atoms with Crippen LogP contribution in [0.4, 0.5) is 0 Å². The number of unbranched alkanes of at least 4 members (excludes halogenated alkanes) is 2. The van der Waals surface area contributed by atoms with Gasteiger partial charge < -0.3 is 28.4 Å². The van der Waals surface area contributed by atoms with Crippen molar-refractivity contribution in [3.63, 3.8) is 0 Å². The summed E-state index contributed by atoms with van der Waals surface area (Å²) in [6, 6.07) is 0. The first-order valence-corrected chi connectivity index (χ1v) is 13.6. The number of hydrogen-bond acceptors (Lipinski definition) is 12. The minimum atomic E-state index is -1.16. The Morgan fingerprint density at radius 3 is 1.26 bits per heavy atom. The minimum absolute atomic E-state index is 0.152. The molecule has 12 nitrogen and oxygen atoms in total. The van der Waals surface area contributed by atoms with Crippen LogP contribution >= 0.6 is 0 Å². The zero-order chi connectivity index (χ0) is 27.3. The molecule has 3 rings (SSSR count). The van der Waals surface area contributed by atoms with Gasteiger partial charge in [-0.25, -0.2) is 0 Å². The highest BCUT2D eigenvalue weighted by Crippen LogP contribution is 2.49. The van der Waals surface area contributed by atoms with Gasteiger partial charge in [-0.05, 0) is 38.8 Å². The third-order valence-corrected chi connectivity index (χ3v) is 7.47. The van der Waals surface area contributed by atoms with Crippen LogP contribution in [0.1, 0.15) is 25.7 Å². The van der Waals surface area contributed by atoms with E-state index in [2.05, 4.69) is 9.80 Å². The van der Waals surface area contributed by atoms with E-state index in [1.807, 2.05) is 0 Å². The van der Waals surface area contributed by atoms with Gasteiger partial charge in [-0.2, -0.15) is 0 Å². The molecule has 0 N–H and O–H groups in total. The Bertz CT molecular complexity index is 710. The first-order valence-electron chi connectivity index (χ1n) is 13.6. The summed E-state index contributed by atoms with van der Waals surface area (Å²) in [6.45, 7) is 8.47. The van der Waals surface area contributed by atoms with Gasteiger partial charge >= 0.3 is 23.9 Å². The summed E-state index contributed by atoms with van der Waals surface area (Å²) < 4.78 is 31.2. The molecule has 2 aliphatic heterocycles.